The maximum absolute atomic E-state index is 5.68. The maximum atomic E-state index is 5.68. The van der Waals surface area contributed by atoms with Crippen LogP contribution in [0.2, 0.25) is 0 Å². The summed E-state index contributed by atoms with van der Waals surface area (Å²) in [5, 5.41) is 8.30. The lowest BCUT2D eigenvalue weighted by Crippen LogP contribution is -2.00. The maximum Gasteiger partial charge on any atom is 0.178 e. The van der Waals surface area contributed by atoms with E-state index in [0.717, 1.165) is 18.1 Å². The molecule has 0 radical (unpaired) electrons. The molecule has 0 saturated heterocycles. The van der Waals surface area contributed by atoms with Crippen LogP contribution < -0.4 is 5.73 Å². The summed E-state index contributed by atoms with van der Waals surface area (Å²) in [7, 11) is 1.80. The Kier molecular flexibility index (Phi) is 1.95. The topological polar surface area (TPSA) is 74.6 Å². The number of nitrogen functional groups attached to an aromatic ring is 1. The Morgan fingerprint density at radius 2 is 2.29 bits per heavy atom. The Balaban J connectivity index is 2.49. The molecule has 0 aliphatic rings. The summed E-state index contributed by atoms with van der Waals surface area (Å²) in [6, 6.07) is 1.79. The van der Waals surface area contributed by atoms with Crippen molar-refractivity contribution in [3.63, 3.8) is 0 Å². The van der Waals surface area contributed by atoms with Gasteiger partial charge in [0, 0.05) is 19.7 Å². The summed E-state index contributed by atoms with van der Waals surface area (Å²) >= 11 is 0. The van der Waals surface area contributed by atoms with Crippen LogP contribution >= 0.6 is 0 Å². The molecule has 0 amide bonds. The fraction of sp³-hybridized carbons (Fsp3) is 0.375. The minimum absolute atomic E-state index is 0.616. The van der Waals surface area contributed by atoms with Crippen molar-refractivity contribution in [2.75, 3.05) is 5.73 Å². The molecule has 0 spiro atoms. The first-order chi connectivity index (χ1) is 6.72. The molecular formula is C8H12N6. The van der Waals surface area contributed by atoms with Crippen LogP contribution in [0, 0.1) is 0 Å². The summed E-state index contributed by atoms with van der Waals surface area (Å²) < 4.78 is 3.39. The van der Waals surface area contributed by atoms with Crippen molar-refractivity contribution in [2.24, 2.45) is 7.05 Å². The minimum atomic E-state index is 0.616. The normalized spacial score (nSPS) is 10.7. The summed E-state index contributed by atoms with van der Waals surface area (Å²) in [5.41, 5.74) is 6.44. The van der Waals surface area contributed by atoms with E-state index in [9.17, 15) is 0 Å². The Bertz CT molecular complexity index is 421. The number of rotatable bonds is 2. The molecule has 6 nitrogen and oxygen atoms in total. The van der Waals surface area contributed by atoms with Crippen LogP contribution in [-0.2, 0) is 13.6 Å². The van der Waals surface area contributed by atoms with Crippen LogP contribution in [0.5, 0.6) is 0 Å². The van der Waals surface area contributed by atoms with Crippen LogP contribution in [0.1, 0.15) is 6.92 Å². The van der Waals surface area contributed by atoms with Gasteiger partial charge in [-0.05, 0) is 6.92 Å². The van der Waals surface area contributed by atoms with Gasteiger partial charge in [0.05, 0.1) is 0 Å². The SMILES string of the molecule is CCn1ncnc1-c1cc(N)n(C)n1. The molecule has 2 rings (SSSR count). The molecule has 2 aromatic heterocycles. The van der Waals surface area contributed by atoms with E-state index in [-0.39, 0.29) is 0 Å². The van der Waals surface area contributed by atoms with E-state index in [0.29, 0.717) is 5.82 Å². The zero-order valence-corrected chi connectivity index (χ0v) is 8.18. The Hall–Kier alpha value is -1.85. The number of anilines is 1. The van der Waals surface area contributed by atoms with E-state index in [1.54, 1.807) is 22.5 Å². The molecule has 0 fully saturated rings. The average molecular weight is 192 g/mol. The highest BCUT2D eigenvalue weighted by molar-refractivity contribution is 5.54. The Morgan fingerprint density at radius 1 is 1.50 bits per heavy atom. The largest absolute Gasteiger partial charge is 0.384 e. The summed E-state index contributed by atoms with van der Waals surface area (Å²) in [6.45, 7) is 2.77. The fourth-order valence-corrected chi connectivity index (χ4v) is 1.28. The summed E-state index contributed by atoms with van der Waals surface area (Å²) in [6.07, 6.45) is 1.52. The van der Waals surface area contributed by atoms with Crippen molar-refractivity contribution < 1.29 is 0 Å². The molecule has 2 heterocycles. The lowest BCUT2D eigenvalue weighted by Gasteiger charge is -1.97. The van der Waals surface area contributed by atoms with Gasteiger partial charge >= 0.3 is 0 Å². The third kappa shape index (κ3) is 1.24. The van der Waals surface area contributed by atoms with Crippen molar-refractivity contribution >= 4 is 5.82 Å². The number of nitrogens with two attached hydrogens (primary N) is 1. The molecule has 0 aromatic carbocycles. The molecule has 0 atom stereocenters. The molecule has 6 heteroatoms. The minimum Gasteiger partial charge on any atom is -0.384 e. The van der Waals surface area contributed by atoms with E-state index in [1.165, 1.54) is 6.33 Å². The second-order valence-electron chi connectivity index (χ2n) is 2.98. The zero-order valence-electron chi connectivity index (χ0n) is 8.18. The van der Waals surface area contributed by atoms with Crippen LogP contribution in [0.4, 0.5) is 5.82 Å². The van der Waals surface area contributed by atoms with Crippen molar-refractivity contribution in [3.8, 4) is 11.5 Å². The third-order valence-corrected chi connectivity index (χ3v) is 2.06. The van der Waals surface area contributed by atoms with Crippen LogP contribution in [0.15, 0.2) is 12.4 Å². The Labute approximate surface area is 81.4 Å². The van der Waals surface area contributed by atoms with E-state index in [4.69, 9.17) is 5.73 Å². The predicted molar refractivity (Wildman–Crippen MR) is 52.3 cm³/mol. The van der Waals surface area contributed by atoms with Gasteiger partial charge in [-0.2, -0.15) is 10.2 Å². The molecule has 0 saturated carbocycles. The molecule has 0 bridgehead atoms. The van der Waals surface area contributed by atoms with Crippen LogP contribution in [0.3, 0.4) is 0 Å². The van der Waals surface area contributed by atoms with Gasteiger partial charge in [-0.1, -0.05) is 0 Å². The van der Waals surface area contributed by atoms with Gasteiger partial charge in [0.1, 0.15) is 17.8 Å². The Morgan fingerprint density at radius 3 is 2.86 bits per heavy atom. The fourth-order valence-electron chi connectivity index (χ4n) is 1.28. The highest BCUT2D eigenvalue weighted by Gasteiger charge is 2.10. The highest BCUT2D eigenvalue weighted by atomic mass is 15.4. The number of hydrogen-bond acceptors (Lipinski definition) is 4. The van der Waals surface area contributed by atoms with Crippen molar-refractivity contribution in [3.05, 3.63) is 12.4 Å². The van der Waals surface area contributed by atoms with E-state index >= 15 is 0 Å². The molecule has 0 unspecified atom stereocenters. The predicted octanol–water partition coefficient (Wildman–Crippen LogP) is 0.281. The van der Waals surface area contributed by atoms with Crippen LogP contribution in [0.25, 0.3) is 11.5 Å². The molecule has 2 N–H and O–H groups in total. The van der Waals surface area contributed by atoms with Gasteiger partial charge < -0.3 is 5.73 Å². The molecule has 0 aliphatic carbocycles. The summed E-state index contributed by atoms with van der Waals surface area (Å²) in [4.78, 5) is 4.13. The van der Waals surface area contributed by atoms with Gasteiger partial charge in [-0.15, -0.1) is 0 Å². The number of nitrogens with zero attached hydrogens (tertiary/aromatic N) is 5. The van der Waals surface area contributed by atoms with Crippen LogP contribution in [-0.4, -0.2) is 24.5 Å². The third-order valence-electron chi connectivity index (χ3n) is 2.06. The number of hydrogen-bond donors (Lipinski definition) is 1. The standard InChI is InChI=1S/C8H12N6/c1-3-14-8(10-5-11-14)6-4-7(9)13(2)12-6/h4-5H,3,9H2,1-2H3. The second kappa shape index (κ2) is 3.13. The molecule has 2 aromatic rings. The monoisotopic (exact) mass is 192 g/mol. The molecule has 14 heavy (non-hydrogen) atoms. The molecule has 74 valence electrons. The lowest BCUT2D eigenvalue weighted by atomic mass is 10.4. The second-order valence-corrected chi connectivity index (χ2v) is 2.98. The van der Waals surface area contributed by atoms with E-state index < -0.39 is 0 Å². The van der Waals surface area contributed by atoms with Crippen molar-refractivity contribution in [1.82, 2.24) is 24.5 Å². The first-order valence-electron chi connectivity index (χ1n) is 4.40. The first-order valence-corrected chi connectivity index (χ1v) is 4.40. The van der Waals surface area contributed by atoms with Gasteiger partial charge in [-0.3, -0.25) is 4.68 Å². The van der Waals surface area contributed by atoms with Crippen molar-refractivity contribution in [2.45, 2.75) is 13.5 Å². The van der Waals surface area contributed by atoms with Gasteiger partial charge in [0.15, 0.2) is 5.82 Å². The van der Waals surface area contributed by atoms with Gasteiger partial charge in [0.25, 0.3) is 0 Å². The van der Waals surface area contributed by atoms with Gasteiger partial charge in [0.2, 0.25) is 0 Å². The summed E-state index contributed by atoms with van der Waals surface area (Å²) in [5.74, 6) is 1.37. The lowest BCUT2D eigenvalue weighted by molar-refractivity contribution is 0.661. The van der Waals surface area contributed by atoms with E-state index in [1.807, 2.05) is 6.92 Å². The zero-order chi connectivity index (χ0) is 10.1. The first kappa shape index (κ1) is 8.74. The highest BCUT2D eigenvalue weighted by Crippen LogP contribution is 2.16. The van der Waals surface area contributed by atoms with E-state index in [2.05, 4.69) is 15.2 Å². The quantitative estimate of drug-likeness (QED) is 0.741. The van der Waals surface area contributed by atoms with Gasteiger partial charge in [-0.25, -0.2) is 9.67 Å². The number of aromatic nitrogens is 5. The smallest absolute Gasteiger partial charge is 0.178 e. The molecular weight excluding hydrogens is 180 g/mol. The average Bonchev–Trinajstić information content (AvgIpc) is 2.73. The van der Waals surface area contributed by atoms with Crippen molar-refractivity contribution in [1.29, 1.82) is 0 Å². The molecule has 0 aliphatic heterocycles. The number of aryl methyl sites for hydroxylation is 2.